The number of aromatic nitrogens is 6. The van der Waals surface area contributed by atoms with Crippen LogP contribution in [0.15, 0.2) is 31.4 Å². The van der Waals surface area contributed by atoms with Crippen molar-refractivity contribution in [3.63, 3.8) is 0 Å². The zero-order valence-corrected chi connectivity index (χ0v) is 14.7. The molecule has 0 bridgehead atoms. The normalized spacial score (nSPS) is 26.6. The van der Waals surface area contributed by atoms with Gasteiger partial charge in [-0.3, -0.25) is 4.57 Å². The first-order valence-electron chi connectivity index (χ1n) is 8.64. The SMILES string of the molecule is CCC(O[C@@H]1[C@H](O)[C@@H](CO)O[C@H]1n1cnc2c(N)ncnc21)n1ccnc1. The summed E-state index contributed by atoms with van der Waals surface area (Å²) >= 11 is 0. The monoisotopic (exact) mass is 375 g/mol. The Morgan fingerprint density at radius 3 is 2.89 bits per heavy atom. The fourth-order valence-electron chi connectivity index (χ4n) is 3.29. The second-order valence-electron chi connectivity index (χ2n) is 6.29. The molecule has 0 spiro atoms. The zero-order valence-electron chi connectivity index (χ0n) is 14.7. The van der Waals surface area contributed by atoms with E-state index < -0.39 is 24.5 Å². The summed E-state index contributed by atoms with van der Waals surface area (Å²) in [6.45, 7) is 1.62. The number of aliphatic hydroxyl groups excluding tert-OH is 2. The molecular formula is C16H21N7O4. The van der Waals surface area contributed by atoms with Gasteiger partial charge in [0, 0.05) is 12.4 Å². The van der Waals surface area contributed by atoms with Gasteiger partial charge in [0.1, 0.15) is 36.4 Å². The van der Waals surface area contributed by atoms with Gasteiger partial charge >= 0.3 is 0 Å². The van der Waals surface area contributed by atoms with Crippen LogP contribution in [0.3, 0.4) is 0 Å². The van der Waals surface area contributed by atoms with Gasteiger partial charge in [-0.25, -0.2) is 19.9 Å². The number of fused-ring (bicyclic) bond motifs is 1. The maximum Gasteiger partial charge on any atom is 0.167 e. The molecule has 144 valence electrons. The van der Waals surface area contributed by atoms with E-state index >= 15 is 0 Å². The Morgan fingerprint density at radius 1 is 1.33 bits per heavy atom. The van der Waals surface area contributed by atoms with Gasteiger partial charge in [-0.15, -0.1) is 0 Å². The van der Waals surface area contributed by atoms with E-state index in [1.54, 1.807) is 23.3 Å². The summed E-state index contributed by atoms with van der Waals surface area (Å²) in [6.07, 6.45) is 4.90. The van der Waals surface area contributed by atoms with Crippen molar-refractivity contribution in [3.8, 4) is 0 Å². The average Bonchev–Trinajstić information content (AvgIpc) is 3.39. The van der Waals surface area contributed by atoms with Crippen molar-refractivity contribution in [3.05, 3.63) is 31.4 Å². The number of nitrogens with two attached hydrogens (primary N) is 1. The van der Waals surface area contributed by atoms with Crippen molar-refractivity contribution in [1.29, 1.82) is 0 Å². The number of rotatable bonds is 6. The van der Waals surface area contributed by atoms with Crippen molar-refractivity contribution >= 4 is 17.0 Å². The van der Waals surface area contributed by atoms with Crippen molar-refractivity contribution in [2.75, 3.05) is 12.3 Å². The van der Waals surface area contributed by atoms with Crippen LogP contribution in [0, 0.1) is 0 Å². The van der Waals surface area contributed by atoms with E-state index in [9.17, 15) is 10.2 Å². The largest absolute Gasteiger partial charge is 0.394 e. The molecule has 1 saturated heterocycles. The van der Waals surface area contributed by atoms with Crippen LogP contribution in [0.25, 0.3) is 11.2 Å². The van der Waals surface area contributed by atoms with Crippen LogP contribution in [-0.2, 0) is 9.47 Å². The third-order valence-electron chi connectivity index (χ3n) is 4.67. The summed E-state index contributed by atoms with van der Waals surface area (Å²) < 4.78 is 15.5. The second kappa shape index (κ2) is 7.19. The minimum absolute atomic E-state index is 0.248. The molecule has 0 amide bonds. The Bertz CT molecular complexity index is 899. The lowest BCUT2D eigenvalue weighted by Crippen LogP contribution is -2.37. The molecule has 5 atom stereocenters. The van der Waals surface area contributed by atoms with Gasteiger partial charge in [0.15, 0.2) is 17.7 Å². The van der Waals surface area contributed by atoms with Crippen LogP contribution in [0.1, 0.15) is 25.8 Å². The predicted molar refractivity (Wildman–Crippen MR) is 93.2 cm³/mol. The molecule has 0 aromatic carbocycles. The van der Waals surface area contributed by atoms with Crippen LogP contribution < -0.4 is 5.73 Å². The summed E-state index contributed by atoms with van der Waals surface area (Å²) in [5.41, 5.74) is 6.75. The lowest BCUT2D eigenvalue weighted by molar-refractivity contribution is -0.125. The first-order valence-corrected chi connectivity index (χ1v) is 8.64. The molecule has 4 rings (SSSR count). The van der Waals surface area contributed by atoms with E-state index in [1.807, 2.05) is 11.5 Å². The first kappa shape index (κ1) is 17.8. The van der Waals surface area contributed by atoms with Crippen molar-refractivity contribution in [2.24, 2.45) is 0 Å². The highest BCUT2D eigenvalue weighted by molar-refractivity contribution is 5.81. The van der Waals surface area contributed by atoms with Crippen molar-refractivity contribution in [2.45, 2.75) is 44.1 Å². The van der Waals surface area contributed by atoms with Gasteiger partial charge in [0.2, 0.25) is 0 Å². The summed E-state index contributed by atoms with van der Waals surface area (Å²) in [7, 11) is 0. The van der Waals surface area contributed by atoms with Gasteiger partial charge in [0.25, 0.3) is 0 Å². The van der Waals surface area contributed by atoms with Gasteiger partial charge in [0.05, 0.1) is 19.3 Å². The molecule has 4 heterocycles. The van der Waals surface area contributed by atoms with E-state index in [0.717, 1.165) is 0 Å². The molecule has 1 fully saturated rings. The Hall–Kier alpha value is -2.60. The highest BCUT2D eigenvalue weighted by Crippen LogP contribution is 2.36. The smallest absolute Gasteiger partial charge is 0.167 e. The summed E-state index contributed by atoms with van der Waals surface area (Å²) in [4.78, 5) is 16.4. The van der Waals surface area contributed by atoms with E-state index in [0.29, 0.717) is 17.6 Å². The molecule has 1 aliphatic heterocycles. The molecule has 0 radical (unpaired) electrons. The number of hydrogen-bond acceptors (Lipinski definition) is 9. The molecule has 0 saturated carbocycles. The molecule has 1 aliphatic rings. The van der Waals surface area contributed by atoms with E-state index in [2.05, 4.69) is 19.9 Å². The molecule has 4 N–H and O–H groups in total. The number of nitrogen functional groups attached to an aromatic ring is 1. The lowest BCUT2D eigenvalue weighted by Gasteiger charge is -2.27. The van der Waals surface area contributed by atoms with E-state index in [4.69, 9.17) is 15.2 Å². The highest BCUT2D eigenvalue weighted by atomic mass is 16.6. The van der Waals surface area contributed by atoms with Crippen molar-refractivity contribution < 1.29 is 19.7 Å². The Labute approximate surface area is 154 Å². The fourth-order valence-corrected chi connectivity index (χ4v) is 3.29. The topological polar surface area (TPSA) is 146 Å². The predicted octanol–water partition coefficient (Wildman–Crippen LogP) is -0.150. The second-order valence-corrected chi connectivity index (χ2v) is 6.29. The number of hydrogen-bond donors (Lipinski definition) is 3. The van der Waals surface area contributed by atoms with Crippen molar-refractivity contribution in [1.82, 2.24) is 29.1 Å². The number of nitrogens with zero attached hydrogens (tertiary/aromatic N) is 6. The lowest BCUT2D eigenvalue weighted by atomic mass is 10.1. The van der Waals surface area contributed by atoms with Gasteiger partial charge < -0.3 is 30.0 Å². The molecule has 3 aromatic heterocycles. The number of aliphatic hydroxyl groups is 2. The molecule has 11 heteroatoms. The Balaban J connectivity index is 1.69. The third-order valence-corrected chi connectivity index (χ3v) is 4.67. The standard InChI is InChI=1S/C16H21N7O4/c1-2-10(22-4-3-18-7-22)27-13-12(25)9(5-24)26-16(13)23-8-21-11-14(17)19-6-20-15(11)23/h3-4,6-10,12-13,16,24-25H,2,5H2,1H3,(H2,17,19,20)/t9-,10?,12-,13-,16-/m1/s1. The van der Waals surface area contributed by atoms with Crippen LogP contribution in [0.4, 0.5) is 5.82 Å². The summed E-state index contributed by atoms with van der Waals surface area (Å²) in [5.74, 6) is 0.248. The molecule has 0 aliphatic carbocycles. The number of imidazole rings is 2. The van der Waals surface area contributed by atoms with Gasteiger partial charge in [-0.1, -0.05) is 6.92 Å². The first-order chi connectivity index (χ1) is 13.1. The Kier molecular flexibility index (Phi) is 4.74. The summed E-state index contributed by atoms with van der Waals surface area (Å²) in [6, 6.07) is 0. The number of anilines is 1. The van der Waals surface area contributed by atoms with Crippen LogP contribution in [0.5, 0.6) is 0 Å². The molecule has 3 aromatic rings. The van der Waals surface area contributed by atoms with Gasteiger partial charge in [-0.2, -0.15) is 0 Å². The zero-order chi connectivity index (χ0) is 19.0. The Morgan fingerprint density at radius 2 is 2.19 bits per heavy atom. The average molecular weight is 375 g/mol. The fraction of sp³-hybridized carbons (Fsp3) is 0.500. The third kappa shape index (κ3) is 3.04. The molecule has 27 heavy (non-hydrogen) atoms. The maximum absolute atomic E-state index is 10.7. The molecule has 11 nitrogen and oxygen atoms in total. The van der Waals surface area contributed by atoms with E-state index in [1.165, 1.54) is 12.7 Å². The summed E-state index contributed by atoms with van der Waals surface area (Å²) in [5, 5.41) is 20.2. The minimum atomic E-state index is -1.03. The highest BCUT2D eigenvalue weighted by Gasteiger charge is 2.47. The minimum Gasteiger partial charge on any atom is -0.394 e. The van der Waals surface area contributed by atoms with Crippen LogP contribution in [0.2, 0.25) is 0 Å². The van der Waals surface area contributed by atoms with Crippen LogP contribution in [-0.4, -0.2) is 64.2 Å². The van der Waals surface area contributed by atoms with Crippen LogP contribution >= 0.6 is 0 Å². The molecule has 1 unspecified atom stereocenters. The van der Waals surface area contributed by atoms with Gasteiger partial charge in [-0.05, 0) is 6.42 Å². The quantitative estimate of drug-likeness (QED) is 0.535. The molecular weight excluding hydrogens is 354 g/mol. The maximum atomic E-state index is 10.7. The number of ether oxygens (including phenoxy) is 2. The van der Waals surface area contributed by atoms with E-state index in [-0.39, 0.29) is 18.7 Å².